The van der Waals surface area contributed by atoms with E-state index in [9.17, 15) is 17.2 Å². The molecule has 1 heterocycles. The lowest BCUT2D eigenvalue weighted by molar-refractivity contribution is 0.581. The molecule has 17 heavy (non-hydrogen) atoms. The maximum absolute atomic E-state index is 13.5. The van der Waals surface area contributed by atoms with Crippen LogP contribution in [0, 0.1) is 11.6 Å². The number of halogens is 3. The maximum Gasteiger partial charge on any atom is 0.152 e. The SMILES string of the molecule is O=S1(=O)CCC(Nc2c(F)cc(Br)cc2F)C1. The molecule has 94 valence electrons. The maximum atomic E-state index is 13.5. The summed E-state index contributed by atoms with van der Waals surface area (Å²) in [5, 5.41) is 2.61. The van der Waals surface area contributed by atoms with Gasteiger partial charge in [-0.2, -0.15) is 0 Å². The van der Waals surface area contributed by atoms with Gasteiger partial charge in [0.1, 0.15) is 17.3 Å². The smallest absolute Gasteiger partial charge is 0.152 e. The van der Waals surface area contributed by atoms with Gasteiger partial charge in [0.15, 0.2) is 9.84 Å². The second kappa shape index (κ2) is 4.53. The minimum atomic E-state index is -3.07. The summed E-state index contributed by atoms with van der Waals surface area (Å²) in [6.07, 6.45) is 0.372. The molecule has 1 unspecified atom stereocenters. The summed E-state index contributed by atoms with van der Waals surface area (Å²) in [6, 6.07) is 1.84. The third-order valence-corrected chi connectivity index (χ3v) is 4.81. The average molecular weight is 326 g/mol. The number of nitrogens with one attached hydrogen (secondary N) is 1. The van der Waals surface area contributed by atoms with Gasteiger partial charge in [0, 0.05) is 10.5 Å². The quantitative estimate of drug-likeness (QED) is 0.907. The number of anilines is 1. The van der Waals surface area contributed by atoms with Gasteiger partial charge in [0.05, 0.1) is 11.5 Å². The third-order valence-electron chi connectivity index (χ3n) is 2.59. The minimum absolute atomic E-state index is 0.0600. The van der Waals surface area contributed by atoms with Crippen LogP contribution in [0.15, 0.2) is 16.6 Å². The zero-order valence-electron chi connectivity index (χ0n) is 8.71. The minimum Gasteiger partial charge on any atom is -0.377 e. The van der Waals surface area contributed by atoms with Crippen molar-refractivity contribution in [3.05, 3.63) is 28.2 Å². The second-order valence-corrected chi connectivity index (χ2v) is 7.13. The molecule has 0 aliphatic carbocycles. The Kier molecular flexibility index (Phi) is 3.40. The Hall–Kier alpha value is -0.690. The monoisotopic (exact) mass is 325 g/mol. The van der Waals surface area contributed by atoms with Gasteiger partial charge in [-0.25, -0.2) is 17.2 Å². The number of hydrogen-bond acceptors (Lipinski definition) is 3. The highest BCUT2D eigenvalue weighted by Gasteiger charge is 2.29. The van der Waals surface area contributed by atoms with Crippen LogP contribution in [-0.2, 0) is 9.84 Å². The van der Waals surface area contributed by atoms with Gasteiger partial charge >= 0.3 is 0 Å². The summed E-state index contributed by atoms with van der Waals surface area (Å²) < 4.78 is 49.7. The van der Waals surface area contributed by atoms with Crippen molar-refractivity contribution in [1.82, 2.24) is 0 Å². The van der Waals surface area contributed by atoms with Gasteiger partial charge in [-0.3, -0.25) is 0 Å². The van der Waals surface area contributed by atoms with Crippen LogP contribution in [0.25, 0.3) is 0 Å². The molecule has 1 aliphatic rings. The van der Waals surface area contributed by atoms with Crippen LogP contribution in [0.4, 0.5) is 14.5 Å². The van der Waals surface area contributed by atoms with Crippen LogP contribution < -0.4 is 5.32 Å². The third kappa shape index (κ3) is 2.95. The lowest BCUT2D eigenvalue weighted by Gasteiger charge is -2.14. The Morgan fingerprint density at radius 2 is 1.88 bits per heavy atom. The van der Waals surface area contributed by atoms with E-state index in [1.54, 1.807) is 0 Å². The molecule has 1 atom stereocenters. The van der Waals surface area contributed by atoms with E-state index in [-0.39, 0.29) is 17.2 Å². The van der Waals surface area contributed by atoms with E-state index in [0.717, 1.165) is 12.1 Å². The van der Waals surface area contributed by atoms with Crippen molar-refractivity contribution in [2.75, 3.05) is 16.8 Å². The largest absolute Gasteiger partial charge is 0.377 e. The molecular weight excluding hydrogens is 316 g/mol. The Morgan fingerprint density at radius 3 is 2.35 bits per heavy atom. The van der Waals surface area contributed by atoms with Gasteiger partial charge in [-0.15, -0.1) is 0 Å². The van der Waals surface area contributed by atoms with E-state index in [2.05, 4.69) is 21.2 Å². The molecule has 1 saturated heterocycles. The molecule has 1 aromatic carbocycles. The topological polar surface area (TPSA) is 46.2 Å². The summed E-state index contributed by atoms with van der Waals surface area (Å²) in [5.74, 6) is -1.49. The van der Waals surface area contributed by atoms with Gasteiger partial charge < -0.3 is 5.32 Å². The predicted molar refractivity (Wildman–Crippen MR) is 64.7 cm³/mol. The van der Waals surface area contributed by atoms with Gasteiger partial charge in [0.25, 0.3) is 0 Å². The first-order valence-corrected chi connectivity index (χ1v) is 7.60. The number of rotatable bonds is 2. The molecule has 0 aromatic heterocycles. The van der Waals surface area contributed by atoms with Crippen molar-refractivity contribution < 1.29 is 17.2 Å². The van der Waals surface area contributed by atoms with Crippen LogP contribution in [0.1, 0.15) is 6.42 Å². The van der Waals surface area contributed by atoms with Crippen molar-refractivity contribution >= 4 is 31.5 Å². The van der Waals surface area contributed by atoms with E-state index in [4.69, 9.17) is 0 Å². The number of benzene rings is 1. The van der Waals surface area contributed by atoms with Crippen LogP contribution in [0.3, 0.4) is 0 Å². The molecule has 0 amide bonds. The molecule has 1 aromatic rings. The molecule has 1 fully saturated rings. The molecule has 7 heteroatoms. The second-order valence-electron chi connectivity index (χ2n) is 3.99. The summed E-state index contributed by atoms with van der Waals surface area (Å²) in [6.45, 7) is 0. The fourth-order valence-corrected chi connectivity index (χ4v) is 3.87. The fourth-order valence-electron chi connectivity index (χ4n) is 1.79. The van der Waals surface area contributed by atoms with E-state index >= 15 is 0 Å². The van der Waals surface area contributed by atoms with Crippen molar-refractivity contribution in [3.8, 4) is 0 Å². The predicted octanol–water partition coefficient (Wildman–Crippen LogP) is 2.33. The van der Waals surface area contributed by atoms with E-state index in [0.29, 0.717) is 10.9 Å². The first kappa shape index (κ1) is 12.8. The number of hydrogen-bond donors (Lipinski definition) is 1. The van der Waals surface area contributed by atoms with Crippen molar-refractivity contribution in [2.24, 2.45) is 0 Å². The molecule has 0 bridgehead atoms. The van der Waals surface area contributed by atoms with Crippen LogP contribution in [-0.4, -0.2) is 26.0 Å². The van der Waals surface area contributed by atoms with E-state index in [1.807, 2.05) is 0 Å². The molecule has 3 nitrogen and oxygen atoms in total. The molecular formula is C10H10BrF2NO2S. The van der Waals surface area contributed by atoms with Gasteiger partial charge in [-0.05, 0) is 18.6 Å². The first-order chi connectivity index (χ1) is 7.87. The fraction of sp³-hybridized carbons (Fsp3) is 0.400. The van der Waals surface area contributed by atoms with Crippen molar-refractivity contribution in [3.63, 3.8) is 0 Å². The lowest BCUT2D eigenvalue weighted by Crippen LogP contribution is -2.22. The summed E-state index contributed by atoms with van der Waals surface area (Å²) in [7, 11) is -3.07. The molecule has 1 N–H and O–H groups in total. The molecule has 0 spiro atoms. The van der Waals surface area contributed by atoms with Crippen LogP contribution in [0.5, 0.6) is 0 Å². The van der Waals surface area contributed by atoms with Crippen LogP contribution in [0.2, 0.25) is 0 Å². The van der Waals surface area contributed by atoms with Crippen molar-refractivity contribution in [1.29, 1.82) is 0 Å². The summed E-state index contributed by atoms with van der Waals surface area (Å²) in [4.78, 5) is 0. The molecule has 1 aliphatic heterocycles. The van der Waals surface area contributed by atoms with Crippen molar-refractivity contribution in [2.45, 2.75) is 12.5 Å². The zero-order chi connectivity index (χ0) is 12.6. The Balaban J connectivity index is 2.20. The molecule has 0 saturated carbocycles. The molecule has 0 radical (unpaired) electrons. The van der Waals surface area contributed by atoms with Crippen LogP contribution >= 0.6 is 15.9 Å². The summed E-state index contributed by atoms with van der Waals surface area (Å²) in [5.41, 5.74) is -0.268. The highest BCUT2D eigenvalue weighted by Crippen LogP contribution is 2.26. The standard InChI is InChI=1S/C10H10BrF2NO2S/c11-6-3-8(12)10(9(13)4-6)14-7-1-2-17(15,16)5-7/h3-4,7,14H,1-2,5H2. The molecule has 2 rings (SSSR count). The van der Waals surface area contributed by atoms with E-state index in [1.165, 1.54) is 0 Å². The number of sulfone groups is 1. The normalized spacial score (nSPS) is 22.6. The Bertz CT molecular complexity index is 524. The lowest BCUT2D eigenvalue weighted by atomic mass is 10.2. The highest BCUT2D eigenvalue weighted by molar-refractivity contribution is 9.10. The summed E-state index contributed by atoms with van der Waals surface area (Å²) >= 11 is 2.97. The van der Waals surface area contributed by atoms with E-state index < -0.39 is 27.5 Å². The first-order valence-electron chi connectivity index (χ1n) is 4.99. The Labute approximate surface area is 106 Å². The average Bonchev–Trinajstić information content (AvgIpc) is 2.52. The van der Waals surface area contributed by atoms with Gasteiger partial charge in [-0.1, -0.05) is 15.9 Å². The Morgan fingerprint density at radius 1 is 1.29 bits per heavy atom. The zero-order valence-corrected chi connectivity index (χ0v) is 11.1. The highest BCUT2D eigenvalue weighted by atomic mass is 79.9. The van der Waals surface area contributed by atoms with Gasteiger partial charge in [0.2, 0.25) is 0 Å².